The van der Waals surface area contributed by atoms with Crippen molar-refractivity contribution in [2.24, 2.45) is 0 Å². The van der Waals surface area contributed by atoms with Crippen molar-refractivity contribution in [3.63, 3.8) is 0 Å². The van der Waals surface area contributed by atoms with Crippen LogP contribution in [0.25, 0.3) is 11.4 Å². The van der Waals surface area contributed by atoms with Crippen LogP contribution < -0.4 is 10.1 Å². The van der Waals surface area contributed by atoms with Crippen molar-refractivity contribution < 1.29 is 9.53 Å². The van der Waals surface area contributed by atoms with E-state index in [1.807, 2.05) is 24.3 Å². The van der Waals surface area contributed by atoms with Crippen LogP contribution in [0.4, 0.5) is 5.82 Å². The Morgan fingerprint density at radius 3 is 2.84 bits per heavy atom. The number of carbonyl (C=O) groups excluding carboxylic acids is 1. The smallest absolute Gasteiger partial charge is 0.172 e. The predicted octanol–water partition coefficient (Wildman–Crippen LogP) is 2.19. The molecule has 0 atom stereocenters. The average Bonchev–Trinajstić information content (AvgIpc) is 2.86. The number of methoxy groups -OCH3 is 1. The van der Waals surface area contributed by atoms with Gasteiger partial charge >= 0.3 is 0 Å². The fraction of sp³-hybridized carbons (Fsp3) is 0.286. The number of hydrogen-bond acceptors (Lipinski definition) is 4. The minimum absolute atomic E-state index is 0.477. The summed E-state index contributed by atoms with van der Waals surface area (Å²) >= 11 is 0. The highest BCUT2D eigenvalue weighted by molar-refractivity contribution is 5.83. The molecule has 98 valence electrons. The van der Waals surface area contributed by atoms with Gasteiger partial charge in [0.15, 0.2) is 6.29 Å². The number of benzene rings is 1. The quantitative estimate of drug-likeness (QED) is 0.856. The molecule has 0 aliphatic carbocycles. The molecule has 0 saturated heterocycles. The van der Waals surface area contributed by atoms with Gasteiger partial charge in [0.25, 0.3) is 0 Å². The van der Waals surface area contributed by atoms with E-state index in [1.165, 1.54) is 0 Å². The maximum absolute atomic E-state index is 11.1. The monoisotopic (exact) mass is 257 g/mol. The summed E-state index contributed by atoms with van der Waals surface area (Å²) in [5.41, 5.74) is 1.46. The van der Waals surface area contributed by atoms with Gasteiger partial charge in [-0.2, -0.15) is 0 Å². The van der Waals surface area contributed by atoms with Gasteiger partial charge in [-0.25, -0.2) is 4.98 Å². The summed E-state index contributed by atoms with van der Waals surface area (Å²) in [6, 6.07) is 7.71. The third kappa shape index (κ3) is 1.97. The zero-order chi connectivity index (χ0) is 13.2. The summed E-state index contributed by atoms with van der Waals surface area (Å²) in [6.45, 7) is 1.76. The lowest BCUT2D eigenvalue weighted by molar-refractivity contribution is 0.112. The molecule has 1 aliphatic rings. The molecule has 0 saturated carbocycles. The van der Waals surface area contributed by atoms with Crippen LogP contribution in [0, 0.1) is 0 Å². The van der Waals surface area contributed by atoms with Crippen LogP contribution in [0.3, 0.4) is 0 Å². The van der Waals surface area contributed by atoms with Gasteiger partial charge in [-0.15, -0.1) is 0 Å². The van der Waals surface area contributed by atoms with Crippen LogP contribution in [-0.4, -0.2) is 29.5 Å². The summed E-state index contributed by atoms with van der Waals surface area (Å²) in [5, 5.41) is 3.24. The molecule has 19 heavy (non-hydrogen) atoms. The Morgan fingerprint density at radius 2 is 2.16 bits per heavy atom. The van der Waals surface area contributed by atoms with Gasteiger partial charge in [-0.05, 0) is 30.7 Å². The predicted molar refractivity (Wildman–Crippen MR) is 72.7 cm³/mol. The molecule has 5 heteroatoms. The molecule has 1 aliphatic heterocycles. The number of ether oxygens (including phenoxy) is 1. The van der Waals surface area contributed by atoms with Crippen LogP contribution in [-0.2, 0) is 6.54 Å². The number of rotatable bonds is 3. The lowest BCUT2D eigenvalue weighted by Crippen LogP contribution is -2.18. The van der Waals surface area contributed by atoms with Crippen LogP contribution in [0.15, 0.2) is 24.3 Å². The molecule has 5 nitrogen and oxygen atoms in total. The fourth-order valence-corrected chi connectivity index (χ4v) is 2.36. The molecule has 2 heterocycles. The van der Waals surface area contributed by atoms with Gasteiger partial charge in [0.2, 0.25) is 0 Å². The number of anilines is 1. The Morgan fingerprint density at radius 1 is 1.37 bits per heavy atom. The van der Waals surface area contributed by atoms with E-state index in [0.29, 0.717) is 5.69 Å². The van der Waals surface area contributed by atoms with Crippen molar-refractivity contribution >= 4 is 12.1 Å². The first-order valence-corrected chi connectivity index (χ1v) is 6.27. The van der Waals surface area contributed by atoms with Gasteiger partial charge in [-0.1, -0.05) is 0 Å². The maximum Gasteiger partial charge on any atom is 0.172 e. The van der Waals surface area contributed by atoms with Gasteiger partial charge < -0.3 is 14.6 Å². The Bertz CT molecular complexity index is 602. The number of imidazole rings is 1. The van der Waals surface area contributed by atoms with Crippen LogP contribution in [0.1, 0.15) is 16.9 Å². The highest BCUT2D eigenvalue weighted by atomic mass is 16.5. The number of nitrogens with one attached hydrogen (secondary N) is 1. The largest absolute Gasteiger partial charge is 0.497 e. The Kier molecular flexibility index (Phi) is 2.95. The van der Waals surface area contributed by atoms with E-state index in [-0.39, 0.29) is 0 Å². The third-order valence-electron chi connectivity index (χ3n) is 3.31. The number of hydrogen-bond donors (Lipinski definition) is 1. The molecule has 1 aromatic heterocycles. The maximum atomic E-state index is 11.1. The molecular weight excluding hydrogens is 242 g/mol. The number of aromatic nitrogens is 2. The molecule has 0 radical (unpaired) electrons. The third-order valence-corrected chi connectivity index (χ3v) is 3.31. The molecule has 0 spiro atoms. The van der Waals surface area contributed by atoms with Crippen molar-refractivity contribution in [3.05, 3.63) is 30.0 Å². The summed E-state index contributed by atoms with van der Waals surface area (Å²) in [4.78, 5) is 15.5. The topological polar surface area (TPSA) is 56.1 Å². The van der Waals surface area contributed by atoms with Gasteiger partial charge in [-0.3, -0.25) is 4.79 Å². The molecule has 3 rings (SSSR count). The molecule has 0 fully saturated rings. The van der Waals surface area contributed by atoms with E-state index >= 15 is 0 Å². The first-order chi connectivity index (χ1) is 9.33. The fourth-order valence-electron chi connectivity index (χ4n) is 2.36. The van der Waals surface area contributed by atoms with Crippen molar-refractivity contribution in [3.8, 4) is 17.1 Å². The van der Waals surface area contributed by atoms with Crippen molar-refractivity contribution in [1.82, 2.24) is 9.55 Å². The molecular formula is C14H15N3O2. The van der Waals surface area contributed by atoms with Crippen molar-refractivity contribution in [2.45, 2.75) is 13.0 Å². The second kappa shape index (κ2) is 4.76. The normalized spacial score (nSPS) is 13.5. The summed E-state index contributed by atoms with van der Waals surface area (Å²) < 4.78 is 7.21. The second-order valence-corrected chi connectivity index (χ2v) is 4.45. The summed E-state index contributed by atoms with van der Waals surface area (Å²) in [6.07, 6.45) is 1.84. The first kappa shape index (κ1) is 11.8. The zero-order valence-electron chi connectivity index (χ0n) is 10.7. The first-order valence-electron chi connectivity index (χ1n) is 6.27. The van der Waals surface area contributed by atoms with Crippen LogP contribution >= 0.6 is 0 Å². The van der Waals surface area contributed by atoms with E-state index < -0.39 is 0 Å². The van der Waals surface area contributed by atoms with E-state index in [4.69, 9.17) is 4.74 Å². The molecule has 2 aromatic rings. The van der Waals surface area contributed by atoms with Crippen molar-refractivity contribution in [1.29, 1.82) is 0 Å². The number of fused-ring (bicyclic) bond motifs is 1. The minimum Gasteiger partial charge on any atom is -0.497 e. The Hall–Kier alpha value is -2.30. The van der Waals surface area contributed by atoms with E-state index in [0.717, 1.165) is 48.8 Å². The SMILES string of the molecule is COc1ccc(-c2nc(C=O)c3n2CCCN3)cc1. The lowest BCUT2D eigenvalue weighted by Gasteiger charge is -2.18. The highest BCUT2D eigenvalue weighted by Gasteiger charge is 2.20. The van der Waals surface area contributed by atoms with E-state index in [1.54, 1.807) is 7.11 Å². The van der Waals surface area contributed by atoms with Crippen LogP contribution in [0.2, 0.25) is 0 Å². The van der Waals surface area contributed by atoms with Gasteiger partial charge in [0, 0.05) is 18.7 Å². The van der Waals surface area contributed by atoms with E-state index in [9.17, 15) is 4.79 Å². The Labute approximate surface area is 111 Å². The number of carbonyl (C=O) groups is 1. The molecule has 0 bridgehead atoms. The average molecular weight is 257 g/mol. The number of aldehydes is 1. The summed E-state index contributed by atoms with van der Waals surface area (Å²) in [5.74, 6) is 2.46. The van der Waals surface area contributed by atoms with Gasteiger partial charge in [0.1, 0.15) is 23.1 Å². The van der Waals surface area contributed by atoms with Gasteiger partial charge in [0.05, 0.1) is 7.11 Å². The number of nitrogens with zero attached hydrogens (tertiary/aromatic N) is 2. The van der Waals surface area contributed by atoms with Crippen molar-refractivity contribution in [2.75, 3.05) is 19.0 Å². The zero-order valence-corrected chi connectivity index (χ0v) is 10.7. The Balaban J connectivity index is 2.08. The summed E-state index contributed by atoms with van der Waals surface area (Å²) in [7, 11) is 1.64. The van der Waals surface area contributed by atoms with Crippen LogP contribution in [0.5, 0.6) is 5.75 Å². The molecule has 1 aromatic carbocycles. The molecule has 1 N–H and O–H groups in total. The lowest BCUT2D eigenvalue weighted by atomic mass is 10.2. The molecule has 0 amide bonds. The molecule has 0 unspecified atom stereocenters. The van der Waals surface area contributed by atoms with E-state index in [2.05, 4.69) is 14.9 Å². The second-order valence-electron chi connectivity index (χ2n) is 4.45. The standard InChI is InChI=1S/C14H15N3O2/c1-19-11-5-3-10(4-6-11)13-16-12(9-18)14-15-7-2-8-17(13)14/h3-6,9,15H,2,7-8H2,1H3. The minimum atomic E-state index is 0.477. The highest BCUT2D eigenvalue weighted by Crippen LogP contribution is 2.28.